The lowest BCUT2D eigenvalue weighted by molar-refractivity contribution is -0.151. The summed E-state index contributed by atoms with van der Waals surface area (Å²) < 4.78 is 6.10. The van der Waals surface area contributed by atoms with Crippen LogP contribution < -0.4 is 0 Å². The fourth-order valence-electron chi connectivity index (χ4n) is 3.20. The monoisotopic (exact) mass is 226 g/mol. The zero-order chi connectivity index (χ0) is 11.9. The summed E-state index contributed by atoms with van der Waals surface area (Å²) in [5.74, 6) is 0.0589. The van der Waals surface area contributed by atoms with Crippen LogP contribution in [0.1, 0.15) is 46.5 Å². The minimum absolute atomic E-state index is 0.113. The number of hydrogen-bond acceptors (Lipinski definition) is 2. The van der Waals surface area contributed by atoms with Crippen molar-refractivity contribution < 1.29 is 14.6 Å². The van der Waals surface area contributed by atoms with Crippen molar-refractivity contribution in [2.45, 2.75) is 58.2 Å². The van der Waals surface area contributed by atoms with Crippen LogP contribution in [0.4, 0.5) is 0 Å². The van der Waals surface area contributed by atoms with Crippen molar-refractivity contribution in [2.75, 3.05) is 0 Å². The zero-order valence-corrected chi connectivity index (χ0v) is 10.4. The largest absolute Gasteiger partial charge is 0.481 e. The van der Waals surface area contributed by atoms with Gasteiger partial charge < -0.3 is 9.84 Å². The summed E-state index contributed by atoms with van der Waals surface area (Å²) in [5.41, 5.74) is -0.113. The van der Waals surface area contributed by atoms with Gasteiger partial charge in [0, 0.05) is 0 Å². The minimum atomic E-state index is -0.630. The molecule has 0 aliphatic heterocycles. The van der Waals surface area contributed by atoms with E-state index >= 15 is 0 Å². The maximum Gasteiger partial charge on any atom is 0.306 e. The van der Waals surface area contributed by atoms with Gasteiger partial charge in [0.15, 0.2) is 0 Å². The van der Waals surface area contributed by atoms with Crippen molar-refractivity contribution in [3.05, 3.63) is 0 Å². The Labute approximate surface area is 97.2 Å². The molecule has 0 radical (unpaired) electrons. The zero-order valence-electron chi connectivity index (χ0n) is 10.4. The Morgan fingerprint density at radius 1 is 1.38 bits per heavy atom. The predicted octanol–water partition coefficient (Wildman–Crippen LogP) is 2.69. The Morgan fingerprint density at radius 3 is 2.56 bits per heavy atom. The highest BCUT2D eigenvalue weighted by molar-refractivity contribution is 5.71. The third-order valence-corrected chi connectivity index (χ3v) is 4.39. The molecule has 0 amide bonds. The highest BCUT2D eigenvalue weighted by atomic mass is 16.5. The smallest absolute Gasteiger partial charge is 0.306 e. The van der Waals surface area contributed by atoms with Gasteiger partial charge in [0.2, 0.25) is 0 Å². The van der Waals surface area contributed by atoms with Crippen LogP contribution in [0.5, 0.6) is 0 Å². The molecule has 2 bridgehead atoms. The van der Waals surface area contributed by atoms with Gasteiger partial charge in [-0.3, -0.25) is 4.79 Å². The van der Waals surface area contributed by atoms with E-state index in [9.17, 15) is 4.79 Å². The second-order valence-electron chi connectivity index (χ2n) is 5.95. The molecule has 2 saturated carbocycles. The van der Waals surface area contributed by atoms with Crippen molar-refractivity contribution in [1.29, 1.82) is 0 Å². The van der Waals surface area contributed by atoms with Gasteiger partial charge in [-0.2, -0.15) is 0 Å². The Balaban J connectivity index is 2.01. The molecule has 0 spiro atoms. The van der Waals surface area contributed by atoms with Gasteiger partial charge >= 0.3 is 5.97 Å². The summed E-state index contributed by atoms with van der Waals surface area (Å²) in [6.07, 6.45) is 4.14. The molecule has 0 heterocycles. The number of carbonyl (C=O) groups is 1. The Morgan fingerprint density at radius 2 is 2.06 bits per heavy atom. The van der Waals surface area contributed by atoms with E-state index in [-0.39, 0.29) is 23.5 Å². The number of aliphatic carboxylic acids is 1. The second-order valence-corrected chi connectivity index (χ2v) is 5.95. The van der Waals surface area contributed by atoms with Gasteiger partial charge in [0.25, 0.3) is 0 Å². The van der Waals surface area contributed by atoms with E-state index in [1.54, 1.807) is 0 Å². The SMILES string of the molecule is CCC(C)(C)OC1CC2CC(C(=O)O)C1C2. The molecule has 3 nitrogen and oxygen atoms in total. The van der Waals surface area contributed by atoms with E-state index < -0.39 is 5.97 Å². The Kier molecular flexibility index (Phi) is 2.99. The molecule has 1 N–H and O–H groups in total. The molecule has 4 atom stereocenters. The van der Waals surface area contributed by atoms with Gasteiger partial charge in [-0.05, 0) is 51.4 Å². The summed E-state index contributed by atoms with van der Waals surface area (Å²) in [4.78, 5) is 11.1. The van der Waals surface area contributed by atoms with Gasteiger partial charge in [0.1, 0.15) is 0 Å². The normalized spacial score (nSPS) is 37.9. The molecule has 16 heavy (non-hydrogen) atoms. The summed E-state index contributed by atoms with van der Waals surface area (Å²) in [7, 11) is 0. The molecule has 0 saturated heterocycles. The van der Waals surface area contributed by atoms with Gasteiger partial charge in [-0.25, -0.2) is 0 Å². The summed E-state index contributed by atoms with van der Waals surface area (Å²) in [6.45, 7) is 6.30. The van der Waals surface area contributed by atoms with Gasteiger partial charge in [-0.1, -0.05) is 6.92 Å². The fraction of sp³-hybridized carbons (Fsp3) is 0.923. The first-order valence-corrected chi connectivity index (χ1v) is 6.33. The van der Waals surface area contributed by atoms with Crippen molar-refractivity contribution >= 4 is 5.97 Å². The quantitative estimate of drug-likeness (QED) is 0.801. The second kappa shape index (κ2) is 4.02. The van der Waals surface area contributed by atoms with E-state index in [1.165, 1.54) is 0 Å². The topological polar surface area (TPSA) is 46.5 Å². The highest BCUT2D eigenvalue weighted by Crippen LogP contribution is 2.50. The average Bonchev–Trinajstić information content (AvgIpc) is 2.75. The minimum Gasteiger partial charge on any atom is -0.481 e. The van der Waals surface area contributed by atoms with Crippen LogP contribution in [0.2, 0.25) is 0 Å². The van der Waals surface area contributed by atoms with Crippen LogP contribution in [0.25, 0.3) is 0 Å². The summed E-state index contributed by atoms with van der Waals surface area (Å²) in [6, 6.07) is 0. The standard InChI is InChI=1S/C13H22O3/c1-4-13(2,3)16-11-7-8-5-9(11)10(6-8)12(14)15/h8-11H,4-7H2,1-3H3,(H,14,15). The van der Waals surface area contributed by atoms with E-state index in [0.717, 1.165) is 25.7 Å². The van der Waals surface area contributed by atoms with Crippen LogP contribution in [-0.2, 0) is 9.53 Å². The van der Waals surface area contributed by atoms with E-state index in [4.69, 9.17) is 9.84 Å². The molecular weight excluding hydrogens is 204 g/mol. The molecule has 92 valence electrons. The molecule has 2 fully saturated rings. The number of ether oxygens (including phenoxy) is 1. The maximum absolute atomic E-state index is 11.1. The van der Waals surface area contributed by atoms with Gasteiger partial charge in [0.05, 0.1) is 17.6 Å². The van der Waals surface area contributed by atoms with Crippen molar-refractivity contribution in [3.63, 3.8) is 0 Å². The third kappa shape index (κ3) is 2.10. The maximum atomic E-state index is 11.1. The predicted molar refractivity (Wildman–Crippen MR) is 61.2 cm³/mol. The average molecular weight is 226 g/mol. The third-order valence-electron chi connectivity index (χ3n) is 4.39. The van der Waals surface area contributed by atoms with E-state index in [0.29, 0.717) is 5.92 Å². The molecule has 4 unspecified atom stereocenters. The van der Waals surface area contributed by atoms with Crippen LogP contribution in [0.15, 0.2) is 0 Å². The summed E-state index contributed by atoms with van der Waals surface area (Å²) in [5, 5.41) is 9.15. The van der Waals surface area contributed by atoms with Crippen LogP contribution >= 0.6 is 0 Å². The van der Waals surface area contributed by atoms with Crippen molar-refractivity contribution in [1.82, 2.24) is 0 Å². The highest BCUT2D eigenvalue weighted by Gasteiger charge is 2.50. The molecule has 3 heteroatoms. The molecule has 0 aromatic carbocycles. The molecule has 2 aliphatic carbocycles. The first kappa shape index (κ1) is 11.9. The molecular formula is C13H22O3. The molecule has 2 aliphatic rings. The molecule has 2 rings (SSSR count). The lowest BCUT2D eigenvalue weighted by atomic mass is 9.86. The number of hydrogen-bond donors (Lipinski definition) is 1. The van der Waals surface area contributed by atoms with Crippen molar-refractivity contribution in [2.24, 2.45) is 17.8 Å². The first-order chi connectivity index (χ1) is 7.43. The number of carboxylic acid groups (broad SMARTS) is 1. The Hall–Kier alpha value is -0.570. The van der Waals surface area contributed by atoms with Crippen LogP contribution in [-0.4, -0.2) is 22.8 Å². The number of fused-ring (bicyclic) bond motifs is 2. The van der Waals surface area contributed by atoms with Crippen LogP contribution in [0.3, 0.4) is 0 Å². The molecule has 0 aromatic rings. The summed E-state index contributed by atoms with van der Waals surface area (Å²) >= 11 is 0. The van der Waals surface area contributed by atoms with Crippen molar-refractivity contribution in [3.8, 4) is 0 Å². The lowest BCUT2D eigenvalue weighted by Gasteiger charge is -2.34. The van der Waals surface area contributed by atoms with E-state index in [2.05, 4.69) is 20.8 Å². The lowest BCUT2D eigenvalue weighted by Crippen LogP contribution is -2.37. The van der Waals surface area contributed by atoms with Gasteiger partial charge in [-0.15, -0.1) is 0 Å². The number of rotatable bonds is 4. The first-order valence-electron chi connectivity index (χ1n) is 6.33. The van der Waals surface area contributed by atoms with Crippen LogP contribution in [0, 0.1) is 17.8 Å². The number of carboxylic acids is 1. The molecule has 0 aromatic heterocycles. The van der Waals surface area contributed by atoms with E-state index in [1.807, 2.05) is 0 Å². The fourth-order valence-corrected chi connectivity index (χ4v) is 3.20. The Bertz CT molecular complexity index is 285.